The van der Waals surface area contributed by atoms with Gasteiger partial charge in [-0.15, -0.1) is 5.10 Å². The molecule has 3 aromatic rings. The molecule has 0 atom stereocenters. The number of nitrogens with two attached hydrogens (primary N) is 1. The molecule has 0 saturated carbocycles. The summed E-state index contributed by atoms with van der Waals surface area (Å²) >= 11 is 0. The second-order valence-electron chi connectivity index (χ2n) is 4.36. The van der Waals surface area contributed by atoms with Gasteiger partial charge in [-0.1, -0.05) is 0 Å². The Labute approximate surface area is 110 Å². The van der Waals surface area contributed by atoms with Crippen LogP contribution in [0.3, 0.4) is 0 Å². The molecule has 19 heavy (non-hydrogen) atoms. The van der Waals surface area contributed by atoms with Crippen molar-refractivity contribution in [3.05, 3.63) is 42.2 Å². The van der Waals surface area contributed by atoms with Crippen LogP contribution < -0.4 is 10.5 Å². The Morgan fingerprint density at radius 2 is 2.11 bits per heavy atom. The highest BCUT2D eigenvalue weighted by atomic mass is 16.5. The highest BCUT2D eigenvalue weighted by Gasteiger charge is 2.08. The van der Waals surface area contributed by atoms with Gasteiger partial charge >= 0.3 is 0 Å². The van der Waals surface area contributed by atoms with Gasteiger partial charge in [0.05, 0.1) is 7.11 Å². The summed E-state index contributed by atoms with van der Waals surface area (Å²) in [4.78, 5) is 4.39. The fourth-order valence-electron chi connectivity index (χ4n) is 2.03. The average molecular weight is 254 g/mol. The predicted octanol–water partition coefficient (Wildman–Crippen LogP) is 2.32. The van der Waals surface area contributed by atoms with E-state index in [2.05, 4.69) is 10.1 Å². The fraction of sp³-hybridized carbons (Fsp3) is 0.143. The van der Waals surface area contributed by atoms with Crippen LogP contribution >= 0.6 is 0 Å². The second kappa shape index (κ2) is 4.28. The van der Waals surface area contributed by atoms with E-state index in [0.29, 0.717) is 5.82 Å². The van der Waals surface area contributed by atoms with Crippen LogP contribution in [0.4, 0.5) is 5.82 Å². The van der Waals surface area contributed by atoms with Crippen LogP contribution in [0, 0.1) is 6.92 Å². The number of rotatable bonds is 2. The van der Waals surface area contributed by atoms with Crippen molar-refractivity contribution in [2.45, 2.75) is 6.92 Å². The quantitative estimate of drug-likeness (QED) is 0.762. The second-order valence-corrected chi connectivity index (χ2v) is 4.36. The minimum atomic E-state index is 0.521. The van der Waals surface area contributed by atoms with E-state index in [9.17, 15) is 0 Å². The molecule has 0 aliphatic carbocycles. The third-order valence-corrected chi connectivity index (χ3v) is 3.10. The molecule has 0 amide bonds. The summed E-state index contributed by atoms with van der Waals surface area (Å²) in [6, 6.07) is 7.80. The number of fused-ring (bicyclic) bond motifs is 1. The lowest BCUT2D eigenvalue weighted by molar-refractivity contribution is 0.415. The lowest BCUT2D eigenvalue weighted by Crippen LogP contribution is -2.00. The Morgan fingerprint density at radius 3 is 2.79 bits per heavy atom. The molecule has 0 unspecified atom stereocenters. The molecular weight excluding hydrogens is 240 g/mol. The van der Waals surface area contributed by atoms with E-state index in [1.54, 1.807) is 18.0 Å². The van der Waals surface area contributed by atoms with E-state index in [4.69, 9.17) is 10.5 Å². The molecule has 0 radical (unpaired) electrons. The van der Waals surface area contributed by atoms with Gasteiger partial charge in [0.1, 0.15) is 11.6 Å². The molecule has 0 aliphatic heterocycles. The van der Waals surface area contributed by atoms with Gasteiger partial charge in [-0.3, -0.25) is 0 Å². The summed E-state index contributed by atoms with van der Waals surface area (Å²) in [5.41, 5.74) is 6.73. The van der Waals surface area contributed by atoms with Crippen molar-refractivity contribution in [3.8, 4) is 11.6 Å². The number of benzene rings is 1. The van der Waals surface area contributed by atoms with Gasteiger partial charge in [-0.2, -0.15) is 0 Å². The third-order valence-electron chi connectivity index (χ3n) is 3.10. The summed E-state index contributed by atoms with van der Waals surface area (Å²) in [5.74, 6) is 2.10. The van der Waals surface area contributed by atoms with Crippen molar-refractivity contribution in [2.24, 2.45) is 0 Å². The zero-order chi connectivity index (χ0) is 13.4. The number of pyridine rings is 1. The van der Waals surface area contributed by atoms with Crippen LogP contribution in [0.5, 0.6) is 5.75 Å². The van der Waals surface area contributed by atoms with Crippen molar-refractivity contribution < 1.29 is 4.74 Å². The van der Waals surface area contributed by atoms with Gasteiger partial charge in [0, 0.05) is 23.3 Å². The third kappa shape index (κ3) is 1.89. The monoisotopic (exact) mass is 254 g/mol. The molecule has 0 saturated heterocycles. The number of aromatic nitrogens is 3. The van der Waals surface area contributed by atoms with Crippen LogP contribution in [0.25, 0.3) is 16.6 Å². The van der Waals surface area contributed by atoms with E-state index >= 15 is 0 Å². The molecule has 5 heteroatoms. The summed E-state index contributed by atoms with van der Waals surface area (Å²) in [6.45, 7) is 1.92. The van der Waals surface area contributed by atoms with Crippen LogP contribution in [0.2, 0.25) is 0 Å². The van der Waals surface area contributed by atoms with Crippen LogP contribution in [0.1, 0.15) is 5.56 Å². The summed E-state index contributed by atoms with van der Waals surface area (Å²) in [6.07, 6.45) is 3.63. The molecular formula is C14H14N4O. The molecule has 2 aromatic heterocycles. The summed E-state index contributed by atoms with van der Waals surface area (Å²) < 4.78 is 6.94. The molecule has 2 N–H and O–H groups in total. The summed E-state index contributed by atoms with van der Waals surface area (Å²) in [5, 5.41) is 6.33. The van der Waals surface area contributed by atoms with Crippen molar-refractivity contribution in [1.82, 2.24) is 14.8 Å². The number of nitrogen functional groups attached to an aromatic ring is 1. The normalized spacial score (nSPS) is 10.8. The Morgan fingerprint density at radius 1 is 1.26 bits per heavy atom. The minimum Gasteiger partial charge on any atom is -0.497 e. The first-order chi connectivity index (χ1) is 9.19. The lowest BCUT2D eigenvalue weighted by atomic mass is 10.1. The van der Waals surface area contributed by atoms with E-state index in [-0.39, 0.29) is 0 Å². The SMILES string of the molecule is COc1ccc2c(-n3cc(C)c(N)n3)nccc2c1. The molecule has 1 aromatic carbocycles. The maximum atomic E-state index is 5.79. The molecule has 0 spiro atoms. The Bertz CT molecular complexity index is 729. The lowest BCUT2D eigenvalue weighted by Gasteiger charge is -2.07. The molecule has 0 aliphatic rings. The zero-order valence-corrected chi connectivity index (χ0v) is 10.8. The van der Waals surface area contributed by atoms with Gasteiger partial charge < -0.3 is 10.5 Å². The van der Waals surface area contributed by atoms with Gasteiger partial charge in [0.2, 0.25) is 0 Å². The smallest absolute Gasteiger partial charge is 0.161 e. The Kier molecular flexibility index (Phi) is 2.59. The van der Waals surface area contributed by atoms with E-state index in [1.165, 1.54) is 0 Å². The average Bonchev–Trinajstić information content (AvgIpc) is 2.77. The van der Waals surface area contributed by atoms with Crippen molar-refractivity contribution in [3.63, 3.8) is 0 Å². The zero-order valence-electron chi connectivity index (χ0n) is 10.8. The van der Waals surface area contributed by atoms with Gasteiger partial charge in [0.25, 0.3) is 0 Å². The highest BCUT2D eigenvalue weighted by Crippen LogP contribution is 2.25. The minimum absolute atomic E-state index is 0.521. The van der Waals surface area contributed by atoms with Gasteiger partial charge in [-0.05, 0) is 36.6 Å². The van der Waals surface area contributed by atoms with Crippen molar-refractivity contribution in [1.29, 1.82) is 0 Å². The first kappa shape index (κ1) is 11.5. The number of hydrogen-bond donors (Lipinski definition) is 1. The van der Waals surface area contributed by atoms with E-state index in [0.717, 1.165) is 27.9 Å². The molecule has 3 rings (SSSR count). The van der Waals surface area contributed by atoms with Crippen LogP contribution in [-0.2, 0) is 0 Å². The topological polar surface area (TPSA) is 66.0 Å². The number of methoxy groups -OCH3 is 1. The maximum Gasteiger partial charge on any atom is 0.161 e. The molecule has 0 bridgehead atoms. The number of aryl methyl sites for hydroxylation is 1. The van der Waals surface area contributed by atoms with E-state index in [1.807, 2.05) is 37.4 Å². The van der Waals surface area contributed by atoms with E-state index < -0.39 is 0 Å². The first-order valence-electron chi connectivity index (χ1n) is 5.94. The molecule has 5 nitrogen and oxygen atoms in total. The largest absolute Gasteiger partial charge is 0.497 e. The maximum absolute atomic E-state index is 5.79. The first-order valence-corrected chi connectivity index (χ1v) is 5.94. The molecule has 0 fully saturated rings. The van der Waals surface area contributed by atoms with Crippen LogP contribution in [-0.4, -0.2) is 21.9 Å². The highest BCUT2D eigenvalue weighted by molar-refractivity contribution is 5.89. The predicted molar refractivity (Wildman–Crippen MR) is 74.6 cm³/mol. The number of ether oxygens (including phenoxy) is 1. The number of hydrogen-bond acceptors (Lipinski definition) is 4. The Hall–Kier alpha value is -2.56. The standard InChI is InChI=1S/C14H14N4O/c1-9-8-18(17-13(9)15)14-12-4-3-11(19-2)7-10(12)5-6-16-14/h3-8H,1-2H3,(H2,15,17). The fourth-order valence-corrected chi connectivity index (χ4v) is 2.03. The Balaban J connectivity index is 2.24. The van der Waals surface area contributed by atoms with Crippen LogP contribution in [0.15, 0.2) is 36.7 Å². The molecule has 96 valence electrons. The van der Waals surface area contributed by atoms with Gasteiger partial charge in [-0.25, -0.2) is 9.67 Å². The summed E-state index contributed by atoms with van der Waals surface area (Å²) in [7, 11) is 1.65. The van der Waals surface area contributed by atoms with Crippen molar-refractivity contribution in [2.75, 3.05) is 12.8 Å². The molecule has 2 heterocycles. The van der Waals surface area contributed by atoms with Crippen molar-refractivity contribution >= 4 is 16.6 Å². The number of anilines is 1. The number of nitrogens with zero attached hydrogens (tertiary/aromatic N) is 3. The van der Waals surface area contributed by atoms with Gasteiger partial charge in [0.15, 0.2) is 5.82 Å².